The minimum Gasteiger partial charge on any atom is -0.390 e. The molecule has 0 aliphatic carbocycles. The Morgan fingerprint density at radius 2 is 1.07 bits per heavy atom. The molecule has 0 bridgehead atoms. The zero-order valence-electron chi connectivity index (χ0n) is 18.7. The van der Waals surface area contributed by atoms with Gasteiger partial charge in [-0.2, -0.15) is 0 Å². The fourth-order valence-electron chi connectivity index (χ4n) is 3.08. The summed E-state index contributed by atoms with van der Waals surface area (Å²) in [6.07, 6.45) is 2.08. The van der Waals surface area contributed by atoms with Crippen molar-refractivity contribution in [1.82, 2.24) is 4.72 Å². The van der Waals surface area contributed by atoms with Gasteiger partial charge in [-0.15, -0.1) is 11.8 Å². The Kier molecular flexibility index (Phi) is 5.81. The van der Waals surface area contributed by atoms with Gasteiger partial charge in [0, 0.05) is 11.4 Å². The topological polar surface area (TPSA) is 40.2 Å². The Bertz CT molecular complexity index is 641. The molecule has 0 spiro atoms. The van der Waals surface area contributed by atoms with Gasteiger partial charge >= 0.3 is 14.5 Å². The molecule has 0 amide bonds. The maximum atomic E-state index is 6.33. The lowest BCUT2D eigenvalue weighted by atomic mass is 9.88. The average molecular weight is 405 g/mol. The first-order chi connectivity index (χ1) is 12.8. The summed E-state index contributed by atoms with van der Waals surface area (Å²) in [6, 6.07) is 8.53. The van der Waals surface area contributed by atoms with Crippen molar-refractivity contribution in [1.29, 1.82) is 0 Å². The molecule has 5 nitrogen and oxygen atoms in total. The highest BCUT2D eigenvalue weighted by Crippen LogP contribution is 2.42. The van der Waals surface area contributed by atoms with E-state index in [1.54, 1.807) is 11.8 Å². The van der Waals surface area contributed by atoms with Crippen LogP contribution in [0.4, 0.5) is 0 Å². The molecule has 154 valence electrons. The van der Waals surface area contributed by atoms with Crippen LogP contribution in [0.1, 0.15) is 61.0 Å². The van der Waals surface area contributed by atoms with Gasteiger partial charge in [-0.3, -0.25) is 4.72 Å². The summed E-state index contributed by atoms with van der Waals surface area (Å²) >= 11 is 1.73. The molecule has 0 saturated carbocycles. The van der Waals surface area contributed by atoms with Crippen molar-refractivity contribution >= 4 is 26.3 Å². The Labute approximate surface area is 175 Å². The molecule has 0 aromatic heterocycles. The van der Waals surface area contributed by atoms with Crippen molar-refractivity contribution in [3.05, 3.63) is 29.8 Å². The van der Waals surface area contributed by atoms with Crippen LogP contribution in [-0.2, 0) is 25.2 Å². The van der Waals surface area contributed by atoms with Crippen LogP contribution in [0.15, 0.2) is 29.2 Å². The summed E-state index contributed by atoms with van der Waals surface area (Å²) in [5, 5.41) is 0. The summed E-state index contributed by atoms with van der Waals surface area (Å²) in [6.45, 7) is 17.1. The predicted molar refractivity (Wildman–Crippen MR) is 116 cm³/mol. The highest BCUT2D eigenvalue weighted by Gasteiger charge is 2.61. The van der Waals surface area contributed by atoms with Gasteiger partial charge in [0.1, 0.15) is 0 Å². The molecule has 0 radical (unpaired) electrons. The molecule has 8 heteroatoms. The molecule has 2 aliphatic heterocycles. The summed E-state index contributed by atoms with van der Waals surface area (Å²) in [5.41, 5.74) is -0.558. The molecule has 28 heavy (non-hydrogen) atoms. The number of benzene rings is 1. The van der Waals surface area contributed by atoms with Crippen molar-refractivity contribution in [2.75, 3.05) is 6.26 Å². The average Bonchev–Trinajstić information content (AvgIpc) is 2.92. The lowest BCUT2D eigenvalue weighted by molar-refractivity contribution is 0.00578. The van der Waals surface area contributed by atoms with Crippen LogP contribution in [-0.4, -0.2) is 47.9 Å². The van der Waals surface area contributed by atoms with Gasteiger partial charge in [-0.25, -0.2) is 0 Å². The Hall–Kier alpha value is -0.500. The molecule has 0 unspecified atom stereocenters. The third-order valence-corrected chi connectivity index (χ3v) is 7.29. The van der Waals surface area contributed by atoms with E-state index >= 15 is 0 Å². The summed E-state index contributed by atoms with van der Waals surface area (Å²) < 4.78 is 27.4. The molecular formula is C20H33B2NO4S. The van der Waals surface area contributed by atoms with Gasteiger partial charge in [0.05, 0.1) is 22.4 Å². The second-order valence-corrected chi connectivity index (χ2v) is 10.5. The largest absolute Gasteiger partial charge is 0.551 e. The van der Waals surface area contributed by atoms with E-state index in [2.05, 4.69) is 85.9 Å². The molecular weight excluding hydrogens is 372 g/mol. The van der Waals surface area contributed by atoms with Crippen LogP contribution in [0, 0.1) is 0 Å². The van der Waals surface area contributed by atoms with E-state index < -0.39 is 36.9 Å². The predicted octanol–water partition coefficient (Wildman–Crippen LogP) is 4.39. The smallest absolute Gasteiger partial charge is 0.390 e. The van der Waals surface area contributed by atoms with E-state index in [1.807, 2.05) is 4.72 Å². The normalized spacial score (nSPS) is 24.9. The monoisotopic (exact) mass is 405 g/mol. The first-order valence-corrected chi connectivity index (χ1v) is 11.1. The maximum Gasteiger partial charge on any atom is 0.551 e. The highest BCUT2D eigenvalue weighted by atomic mass is 32.2. The fourth-order valence-corrected chi connectivity index (χ4v) is 3.49. The number of nitrogens with zero attached hydrogens (tertiary/aromatic N) is 1. The second-order valence-electron chi connectivity index (χ2n) is 9.65. The summed E-state index contributed by atoms with van der Waals surface area (Å²) in [5.74, 6) is 0. The molecule has 2 fully saturated rings. The minimum atomic E-state index is -0.556. The van der Waals surface area contributed by atoms with Crippen LogP contribution in [0.25, 0.3) is 0 Å². The van der Waals surface area contributed by atoms with Gasteiger partial charge < -0.3 is 18.6 Å². The summed E-state index contributed by atoms with van der Waals surface area (Å²) in [7, 11) is -1.11. The second kappa shape index (κ2) is 7.33. The summed E-state index contributed by atoms with van der Waals surface area (Å²) in [4.78, 5) is 1.24. The third kappa shape index (κ3) is 4.05. The first kappa shape index (κ1) is 22.2. The fraction of sp³-hybridized carbons (Fsp3) is 0.700. The Morgan fingerprint density at radius 1 is 0.714 bits per heavy atom. The van der Waals surface area contributed by atoms with Crippen LogP contribution in [0.5, 0.6) is 0 Å². The molecule has 2 saturated heterocycles. The maximum absolute atomic E-state index is 6.33. The zero-order chi connectivity index (χ0) is 21.0. The van der Waals surface area contributed by atoms with Crippen LogP contribution in [0.2, 0.25) is 0 Å². The molecule has 0 atom stereocenters. The third-order valence-electron chi connectivity index (χ3n) is 6.55. The van der Waals surface area contributed by atoms with Crippen molar-refractivity contribution in [2.45, 2.75) is 89.2 Å². The highest BCUT2D eigenvalue weighted by molar-refractivity contribution is 7.98. The quantitative estimate of drug-likeness (QED) is 0.535. The van der Waals surface area contributed by atoms with Crippen molar-refractivity contribution < 1.29 is 18.6 Å². The van der Waals surface area contributed by atoms with E-state index in [0.29, 0.717) is 6.54 Å². The molecule has 3 rings (SSSR count). The van der Waals surface area contributed by atoms with Crippen LogP contribution < -0.4 is 0 Å². The number of hydrogen-bond donors (Lipinski definition) is 0. The number of thioether (sulfide) groups is 1. The molecule has 2 aliphatic rings. The first-order valence-electron chi connectivity index (χ1n) is 9.88. The van der Waals surface area contributed by atoms with Gasteiger partial charge in [-0.05, 0) is 79.3 Å². The molecule has 1 aromatic rings. The lowest BCUT2D eigenvalue weighted by Gasteiger charge is -2.32. The van der Waals surface area contributed by atoms with Gasteiger partial charge in [0.15, 0.2) is 0 Å². The standard InChI is InChI=1S/C20H33B2NO4S/c1-17(2)18(3,4)25-21(24-17)23(14-15-10-12-16(28-9)13-11-15)22-26-19(5,6)20(7,8)27-22/h10-13H,14H2,1-9H3. The molecule has 1 aromatic carbocycles. The number of hydrogen-bond acceptors (Lipinski definition) is 6. The Morgan fingerprint density at radius 3 is 1.39 bits per heavy atom. The van der Waals surface area contributed by atoms with Gasteiger partial charge in [0.2, 0.25) is 0 Å². The van der Waals surface area contributed by atoms with E-state index in [-0.39, 0.29) is 0 Å². The molecule has 2 heterocycles. The van der Waals surface area contributed by atoms with Crippen molar-refractivity contribution in [3.63, 3.8) is 0 Å². The van der Waals surface area contributed by atoms with Crippen molar-refractivity contribution in [3.8, 4) is 0 Å². The molecule has 0 N–H and O–H groups in total. The van der Waals surface area contributed by atoms with E-state index in [9.17, 15) is 0 Å². The van der Waals surface area contributed by atoms with E-state index in [4.69, 9.17) is 18.6 Å². The van der Waals surface area contributed by atoms with Crippen LogP contribution >= 0.6 is 11.8 Å². The van der Waals surface area contributed by atoms with Gasteiger partial charge in [-0.1, -0.05) is 12.1 Å². The van der Waals surface area contributed by atoms with Gasteiger partial charge in [0.25, 0.3) is 0 Å². The van der Waals surface area contributed by atoms with Crippen LogP contribution in [0.3, 0.4) is 0 Å². The Balaban J connectivity index is 1.88. The van der Waals surface area contributed by atoms with Crippen molar-refractivity contribution in [2.24, 2.45) is 0 Å². The minimum absolute atomic E-state index is 0.428. The zero-order valence-corrected chi connectivity index (χ0v) is 19.5. The lowest BCUT2D eigenvalue weighted by Crippen LogP contribution is -2.52. The number of rotatable bonds is 5. The van der Waals surface area contributed by atoms with E-state index in [1.165, 1.54) is 4.90 Å². The van der Waals surface area contributed by atoms with E-state index in [0.717, 1.165) is 5.56 Å². The SMILES string of the molecule is CSc1ccc(CN(B2OC(C)(C)C(C)(C)O2)B2OC(C)(C)C(C)(C)O2)cc1.